The minimum absolute atomic E-state index is 0.258. The van der Waals surface area contributed by atoms with Gasteiger partial charge in [0.05, 0.1) is 31.3 Å². The fourth-order valence-electron chi connectivity index (χ4n) is 3.81. The van der Waals surface area contributed by atoms with Crippen molar-refractivity contribution >= 4 is 7.26 Å². The van der Waals surface area contributed by atoms with Crippen molar-refractivity contribution in [2.45, 2.75) is 58.7 Å². The molecule has 0 aromatic heterocycles. The standard InChI is InChI=1S/C21H32F6OP/c1-16(2)13-29(14-17(3)4,15-18-9-6-5-7-10-18)12-8-11-28-19(22)20(23,24)21(25,26)27/h5-7,9-10,16-17,19H,8,11-15H2,1-4H3/q+1. The zero-order valence-corrected chi connectivity index (χ0v) is 18.4. The maximum absolute atomic E-state index is 13.4. The molecule has 0 bridgehead atoms. The third-order valence-corrected chi connectivity index (χ3v) is 9.88. The number of hydrogen-bond acceptors (Lipinski definition) is 1. The highest BCUT2D eigenvalue weighted by Crippen LogP contribution is 2.64. The SMILES string of the molecule is CC(C)C[P+](CCCOC(F)C(F)(F)C(F)(F)F)(Cc1ccccc1)CC(C)C. The van der Waals surface area contributed by atoms with E-state index in [4.69, 9.17) is 0 Å². The molecule has 29 heavy (non-hydrogen) atoms. The summed E-state index contributed by atoms with van der Waals surface area (Å²) in [6.45, 7) is 8.03. The maximum Gasteiger partial charge on any atom is 0.459 e. The third kappa shape index (κ3) is 8.45. The zero-order chi connectivity index (χ0) is 22.3. The Morgan fingerprint density at radius 3 is 1.86 bits per heavy atom. The van der Waals surface area contributed by atoms with Crippen molar-refractivity contribution in [2.24, 2.45) is 11.8 Å². The predicted octanol–water partition coefficient (Wildman–Crippen LogP) is 7.42. The molecule has 0 fully saturated rings. The lowest BCUT2D eigenvalue weighted by Crippen LogP contribution is -2.46. The molecule has 168 valence electrons. The fourth-order valence-corrected chi connectivity index (χ4v) is 9.62. The molecule has 0 aliphatic carbocycles. The molecule has 1 aromatic carbocycles. The van der Waals surface area contributed by atoms with E-state index in [0.29, 0.717) is 18.0 Å². The van der Waals surface area contributed by atoms with Crippen LogP contribution in [0.3, 0.4) is 0 Å². The number of benzene rings is 1. The Kier molecular flexibility index (Phi) is 9.94. The van der Waals surface area contributed by atoms with Crippen LogP contribution in [0.1, 0.15) is 39.7 Å². The van der Waals surface area contributed by atoms with Crippen molar-refractivity contribution in [3.8, 4) is 0 Å². The molecule has 0 amide bonds. The van der Waals surface area contributed by atoms with Crippen molar-refractivity contribution in [2.75, 3.05) is 25.1 Å². The number of hydrogen-bond donors (Lipinski definition) is 0. The van der Waals surface area contributed by atoms with Gasteiger partial charge in [-0.1, -0.05) is 58.0 Å². The van der Waals surface area contributed by atoms with E-state index in [1.54, 1.807) is 0 Å². The lowest BCUT2D eigenvalue weighted by Gasteiger charge is -2.31. The minimum atomic E-state index is -5.97. The lowest BCUT2D eigenvalue weighted by atomic mass is 10.2. The van der Waals surface area contributed by atoms with Gasteiger partial charge in [0.15, 0.2) is 0 Å². The average Bonchev–Trinajstić information content (AvgIpc) is 2.57. The van der Waals surface area contributed by atoms with Crippen LogP contribution in [-0.4, -0.2) is 43.5 Å². The molecule has 0 spiro atoms. The number of halogens is 6. The molecule has 1 nitrogen and oxygen atoms in total. The van der Waals surface area contributed by atoms with E-state index in [2.05, 4.69) is 32.4 Å². The summed E-state index contributed by atoms with van der Waals surface area (Å²) in [5.74, 6) is -4.65. The Morgan fingerprint density at radius 1 is 0.897 bits per heavy atom. The summed E-state index contributed by atoms with van der Waals surface area (Å²) in [6.07, 6.45) is -5.88. The van der Waals surface area contributed by atoms with Crippen LogP contribution in [0.4, 0.5) is 26.3 Å². The van der Waals surface area contributed by atoms with Gasteiger partial charge in [0, 0.05) is 13.7 Å². The van der Waals surface area contributed by atoms with Crippen LogP contribution in [-0.2, 0) is 10.9 Å². The van der Waals surface area contributed by atoms with Gasteiger partial charge < -0.3 is 4.74 Å². The third-order valence-electron chi connectivity index (χ3n) is 4.57. The Morgan fingerprint density at radius 2 is 1.41 bits per heavy atom. The summed E-state index contributed by atoms with van der Waals surface area (Å²) in [4.78, 5) is 0. The van der Waals surface area contributed by atoms with E-state index in [9.17, 15) is 26.3 Å². The molecular weight excluding hydrogens is 413 g/mol. The van der Waals surface area contributed by atoms with Gasteiger partial charge >= 0.3 is 12.1 Å². The molecular formula is C21H32F6OP+. The van der Waals surface area contributed by atoms with Crippen LogP contribution < -0.4 is 0 Å². The second-order valence-corrected chi connectivity index (χ2v) is 12.7. The van der Waals surface area contributed by atoms with Crippen LogP contribution in [0.15, 0.2) is 30.3 Å². The van der Waals surface area contributed by atoms with Crippen molar-refractivity contribution < 1.29 is 31.1 Å². The van der Waals surface area contributed by atoms with E-state index in [-0.39, 0.29) is 6.42 Å². The van der Waals surface area contributed by atoms with Crippen LogP contribution in [0, 0.1) is 11.8 Å². The largest absolute Gasteiger partial charge is 0.459 e. The molecule has 8 heteroatoms. The van der Waals surface area contributed by atoms with Crippen molar-refractivity contribution in [1.29, 1.82) is 0 Å². The Balaban J connectivity index is 2.83. The highest BCUT2D eigenvalue weighted by atomic mass is 31.2. The lowest BCUT2D eigenvalue weighted by molar-refractivity contribution is -0.340. The number of rotatable bonds is 12. The first-order valence-corrected chi connectivity index (χ1v) is 12.4. The van der Waals surface area contributed by atoms with E-state index in [0.717, 1.165) is 18.5 Å². The van der Waals surface area contributed by atoms with Crippen molar-refractivity contribution in [1.82, 2.24) is 0 Å². The van der Waals surface area contributed by atoms with Crippen LogP contribution >= 0.6 is 7.26 Å². The van der Waals surface area contributed by atoms with Gasteiger partial charge in [-0.15, -0.1) is 0 Å². The summed E-state index contributed by atoms with van der Waals surface area (Å²) < 4.78 is 80.4. The first-order chi connectivity index (χ1) is 13.3. The van der Waals surface area contributed by atoms with Gasteiger partial charge in [-0.05, 0) is 17.4 Å². The van der Waals surface area contributed by atoms with E-state index < -0.39 is 32.3 Å². The molecule has 0 saturated heterocycles. The topological polar surface area (TPSA) is 9.23 Å². The Bertz CT molecular complexity index is 579. The maximum atomic E-state index is 13.4. The predicted molar refractivity (Wildman–Crippen MR) is 108 cm³/mol. The number of alkyl halides is 6. The summed E-state index contributed by atoms with van der Waals surface area (Å²) in [5, 5.41) is 0. The summed E-state index contributed by atoms with van der Waals surface area (Å²) >= 11 is 0. The average molecular weight is 445 g/mol. The van der Waals surface area contributed by atoms with E-state index in [1.165, 1.54) is 5.56 Å². The molecule has 1 atom stereocenters. The van der Waals surface area contributed by atoms with Gasteiger partial charge in [0.25, 0.3) is 6.36 Å². The van der Waals surface area contributed by atoms with E-state index >= 15 is 0 Å². The zero-order valence-electron chi connectivity index (χ0n) is 17.5. The first-order valence-electron chi connectivity index (χ1n) is 9.88. The summed E-state index contributed by atoms with van der Waals surface area (Å²) in [5.41, 5.74) is 1.19. The van der Waals surface area contributed by atoms with Gasteiger partial charge in [-0.2, -0.15) is 22.0 Å². The molecule has 0 heterocycles. The molecule has 0 radical (unpaired) electrons. The van der Waals surface area contributed by atoms with Gasteiger partial charge in [-0.3, -0.25) is 0 Å². The normalized spacial score (nSPS) is 14.6. The molecule has 0 aliphatic rings. The quantitative estimate of drug-likeness (QED) is 0.185. The summed E-state index contributed by atoms with van der Waals surface area (Å²) in [6, 6.07) is 9.96. The summed E-state index contributed by atoms with van der Waals surface area (Å²) in [7, 11) is -1.58. The molecule has 0 saturated carbocycles. The number of ether oxygens (including phenoxy) is 1. The molecule has 0 aliphatic heterocycles. The van der Waals surface area contributed by atoms with Crippen LogP contribution in [0.25, 0.3) is 0 Å². The molecule has 1 rings (SSSR count). The smallest absolute Gasteiger partial charge is 0.343 e. The fraction of sp³-hybridized carbons (Fsp3) is 0.714. The second kappa shape index (κ2) is 11.0. The minimum Gasteiger partial charge on any atom is -0.343 e. The van der Waals surface area contributed by atoms with E-state index in [1.807, 2.05) is 30.3 Å². The Hall–Kier alpha value is -0.810. The van der Waals surface area contributed by atoms with Gasteiger partial charge in [-0.25, -0.2) is 4.39 Å². The van der Waals surface area contributed by atoms with Gasteiger partial charge in [0.1, 0.15) is 0 Å². The van der Waals surface area contributed by atoms with Crippen LogP contribution in [0.5, 0.6) is 0 Å². The molecule has 1 unspecified atom stereocenters. The highest BCUT2D eigenvalue weighted by Gasteiger charge is 2.64. The molecule has 1 aromatic rings. The van der Waals surface area contributed by atoms with Crippen LogP contribution in [0.2, 0.25) is 0 Å². The van der Waals surface area contributed by atoms with Gasteiger partial charge in [0.2, 0.25) is 0 Å². The molecule has 0 N–H and O–H groups in total. The Labute approximate surface area is 170 Å². The van der Waals surface area contributed by atoms with Crippen molar-refractivity contribution in [3.05, 3.63) is 35.9 Å². The van der Waals surface area contributed by atoms with Crippen molar-refractivity contribution in [3.63, 3.8) is 0 Å². The second-order valence-electron chi connectivity index (χ2n) is 8.52. The first kappa shape index (κ1) is 26.2. The highest BCUT2D eigenvalue weighted by molar-refractivity contribution is 7.75. The monoisotopic (exact) mass is 445 g/mol.